The Morgan fingerprint density at radius 1 is 1.14 bits per heavy atom. The van der Waals surface area contributed by atoms with Gasteiger partial charge in [-0.1, -0.05) is 6.07 Å². The van der Waals surface area contributed by atoms with Crippen molar-refractivity contribution in [3.8, 4) is 0 Å². The van der Waals surface area contributed by atoms with Gasteiger partial charge in [0.05, 0.1) is 17.1 Å². The number of pyridine rings is 1. The molecule has 2 nitrogen and oxygen atoms in total. The molecule has 0 spiro atoms. The molecule has 112 valence electrons. The van der Waals surface area contributed by atoms with Gasteiger partial charge in [0.1, 0.15) is 17.2 Å². The molecule has 1 fully saturated rings. The van der Waals surface area contributed by atoms with Crippen molar-refractivity contribution >= 4 is 27.9 Å². The minimum Gasteiger partial charge on any atom is -0.363 e. The van der Waals surface area contributed by atoms with Crippen LogP contribution >= 0.6 is 11.3 Å². The van der Waals surface area contributed by atoms with E-state index >= 15 is 0 Å². The zero-order valence-corrected chi connectivity index (χ0v) is 12.6. The van der Waals surface area contributed by atoms with Crippen molar-refractivity contribution in [2.45, 2.75) is 18.9 Å². The van der Waals surface area contributed by atoms with E-state index in [9.17, 15) is 8.78 Å². The Morgan fingerprint density at radius 3 is 2.82 bits per heavy atom. The number of hydrogen-bond acceptors (Lipinski definition) is 3. The summed E-state index contributed by atoms with van der Waals surface area (Å²) in [5, 5.41) is 2.34. The van der Waals surface area contributed by atoms with E-state index < -0.39 is 11.6 Å². The SMILES string of the molecule is Fc1ccc(F)c2c(N3CCCC3c3cccs3)ccnc12. The standard InChI is InChI=1S/C17H14F2N2S/c18-11-5-6-12(19)17-16(11)14(7-8-20-17)21-9-1-3-13(21)15-4-2-10-22-15/h2,4-8,10,13H,1,3,9H2. The Morgan fingerprint density at radius 2 is 2.00 bits per heavy atom. The van der Waals surface area contributed by atoms with Gasteiger partial charge in [-0.2, -0.15) is 0 Å². The number of aromatic nitrogens is 1. The molecular formula is C17H14F2N2S. The third-order valence-corrected chi connectivity index (χ3v) is 5.18. The van der Waals surface area contributed by atoms with Crippen molar-refractivity contribution in [2.24, 2.45) is 0 Å². The fourth-order valence-corrected chi connectivity index (χ4v) is 4.12. The van der Waals surface area contributed by atoms with Gasteiger partial charge in [0.25, 0.3) is 0 Å². The predicted molar refractivity (Wildman–Crippen MR) is 85.3 cm³/mol. The van der Waals surface area contributed by atoms with Crippen LogP contribution in [0.4, 0.5) is 14.5 Å². The lowest BCUT2D eigenvalue weighted by Gasteiger charge is -2.27. The number of hydrogen-bond donors (Lipinski definition) is 0. The Bertz CT molecular complexity index is 817. The minimum absolute atomic E-state index is 0.106. The molecule has 0 amide bonds. The van der Waals surface area contributed by atoms with Crippen molar-refractivity contribution < 1.29 is 8.78 Å². The number of thiophene rings is 1. The first-order valence-electron chi connectivity index (χ1n) is 7.28. The molecule has 1 unspecified atom stereocenters. The van der Waals surface area contributed by atoms with Crippen molar-refractivity contribution in [3.63, 3.8) is 0 Å². The number of anilines is 1. The average Bonchev–Trinajstić information content (AvgIpc) is 3.20. The number of fused-ring (bicyclic) bond motifs is 1. The van der Waals surface area contributed by atoms with Gasteiger partial charge >= 0.3 is 0 Å². The molecule has 0 radical (unpaired) electrons. The summed E-state index contributed by atoms with van der Waals surface area (Å²) in [6.07, 6.45) is 3.63. The molecule has 0 aliphatic carbocycles. The molecule has 5 heteroatoms. The molecule has 3 aromatic rings. The minimum atomic E-state index is -0.481. The summed E-state index contributed by atoms with van der Waals surface area (Å²) in [5.74, 6) is -0.901. The Balaban J connectivity index is 1.89. The van der Waals surface area contributed by atoms with Crippen LogP contribution in [0.25, 0.3) is 10.9 Å². The quantitative estimate of drug-likeness (QED) is 0.667. The van der Waals surface area contributed by atoms with Crippen LogP contribution in [0.1, 0.15) is 23.8 Å². The highest BCUT2D eigenvalue weighted by Gasteiger charge is 2.29. The van der Waals surface area contributed by atoms with Crippen LogP contribution in [0, 0.1) is 11.6 Å². The van der Waals surface area contributed by atoms with Crippen LogP contribution in [-0.4, -0.2) is 11.5 Å². The summed E-state index contributed by atoms with van der Waals surface area (Å²) >= 11 is 1.71. The van der Waals surface area contributed by atoms with Gasteiger partial charge in [-0.3, -0.25) is 4.98 Å². The van der Waals surface area contributed by atoms with E-state index in [0.29, 0.717) is 0 Å². The molecule has 1 atom stereocenters. The number of halogens is 2. The van der Waals surface area contributed by atoms with E-state index in [1.165, 1.54) is 10.9 Å². The molecule has 3 heterocycles. The fourth-order valence-electron chi connectivity index (χ4n) is 3.25. The highest BCUT2D eigenvalue weighted by Crippen LogP contribution is 2.41. The Kier molecular flexibility index (Phi) is 3.30. The zero-order valence-electron chi connectivity index (χ0n) is 11.8. The summed E-state index contributed by atoms with van der Waals surface area (Å²) in [5.41, 5.74) is 0.840. The van der Waals surface area contributed by atoms with Crippen LogP contribution in [0.5, 0.6) is 0 Å². The summed E-state index contributed by atoms with van der Waals surface area (Å²) in [4.78, 5) is 7.46. The topological polar surface area (TPSA) is 16.1 Å². The predicted octanol–water partition coefficient (Wildman–Crippen LogP) is 4.92. The maximum absolute atomic E-state index is 14.3. The van der Waals surface area contributed by atoms with Gasteiger partial charge < -0.3 is 4.90 Å². The first kappa shape index (κ1) is 13.6. The van der Waals surface area contributed by atoms with E-state index in [-0.39, 0.29) is 16.9 Å². The van der Waals surface area contributed by atoms with E-state index in [1.54, 1.807) is 23.6 Å². The maximum atomic E-state index is 14.3. The lowest BCUT2D eigenvalue weighted by molar-refractivity contribution is 0.614. The highest BCUT2D eigenvalue weighted by molar-refractivity contribution is 7.10. The molecule has 1 aromatic carbocycles. The largest absolute Gasteiger partial charge is 0.363 e. The van der Waals surface area contributed by atoms with Crippen LogP contribution in [0.2, 0.25) is 0 Å². The monoisotopic (exact) mass is 316 g/mol. The normalized spacial score (nSPS) is 18.3. The number of nitrogens with zero attached hydrogens (tertiary/aromatic N) is 2. The second kappa shape index (κ2) is 5.32. The molecule has 1 aliphatic rings. The van der Waals surface area contributed by atoms with E-state index in [2.05, 4.69) is 21.3 Å². The summed E-state index contributed by atoms with van der Waals surface area (Å²) < 4.78 is 28.3. The van der Waals surface area contributed by atoms with Gasteiger partial charge in [0.2, 0.25) is 0 Å². The lowest BCUT2D eigenvalue weighted by atomic mass is 10.1. The smallest absolute Gasteiger partial charge is 0.149 e. The third-order valence-electron chi connectivity index (χ3n) is 4.20. The van der Waals surface area contributed by atoms with E-state index in [4.69, 9.17) is 0 Å². The van der Waals surface area contributed by atoms with Gasteiger partial charge in [-0.15, -0.1) is 11.3 Å². The van der Waals surface area contributed by atoms with Crippen LogP contribution < -0.4 is 4.90 Å². The Hall–Kier alpha value is -2.01. The fraction of sp³-hybridized carbons (Fsp3) is 0.235. The van der Waals surface area contributed by atoms with Crippen molar-refractivity contribution in [1.82, 2.24) is 4.98 Å². The molecule has 1 saturated heterocycles. The summed E-state index contributed by atoms with van der Waals surface area (Å²) in [6.45, 7) is 0.845. The lowest BCUT2D eigenvalue weighted by Crippen LogP contribution is -2.22. The number of rotatable bonds is 2. The highest BCUT2D eigenvalue weighted by atomic mass is 32.1. The molecule has 2 aromatic heterocycles. The zero-order chi connectivity index (χ0) is 15.1. The van der Waals surface area contributed by atoms with E-state index in [1.807, 2.05) is 6.07 Å². The number of benzene rings is 1. The van der Waals surface area contributed by atoms with Crippen molar-refractivity contribution in [1.29, 1.82) is 0 Å². The van der Waals surface area contributed by atoms with Crippen LogP contribution in [0.15, 0.2) is 41.9 Å². The molecule has 0 bridgehead atoms. The van der Waals surface area contributed by atoms with Crippen LogP contribution in [0.3, 0.4) is 0 Å². The van der Waals surface area contributed by atoms with Gasteiger partial charge in [0, 0.05) is 17.6 Å². The van der Waals surface area contributed by atoms with Gasteiger partial charge in [0.15, 0.2) is 0 Å². The third kappa shape index (κ3) is 2.08. The molecule has 4 rings (SSSR count). The van der Waals surface area contributed by atoms with Crippen molar-refractivity contribution in [3.05, 3.63) is 58.4 Å². The summed E-state index contributed by atoms with van der Waals surface area (Å²) in [7, 11) is 0. The maximum Gasteiger partial charge on any atom is 0.149 e. The molecular weight excluding hydrogens is 302 g/mol. The second-order valence-electron chi connectivity index (χ2n) is 5.45. The summed E-state index contributed by atoms with van der Waals surface area (Å²) in [6, 6.07) is 8.47. The Labute approximate surface area is 131 Å². The molecule has 22 heavy (non-hydrogen) atoms. The molecule has 1 aliphatic heterocycles. The van der Waals surface area contributed by atoms with Gasteiger partial charge in [-0.05, 0) is 42.5 Å². The first-order chi connectivity index (χ1) is 10.8. The molecule has 0 N–H and O–H groups in total. The van der Waals surface area contributed by atoms with Gasteiger partial charge in [-0.25, -0.2) is 8.78 Å². The molecule has 0 saturated carbocycles. The van der Waals surface area contributed by atoms with Crippen LogP contribution in [-0.2, 0) is 0 Å². The van der Waals surface area contributed by atoms with Crippen molar-refractivity contribution in [2.75, 3.05) is 11.4 Å². The van der Waals surface area contributed by atoms with E-state index in [0.717, 1.165) is 31.1 Å². The second-order valence-corrected chi connectivity index (χ2v) is 6.43. The average molecular weight is 316 g/mol. The first-order valence-corrected chi connectivity index (χ1v) is 8.16.